The minimum Gasteiger partial charge on any atom is -0.493 e. The van der Waals surface area contributed by atoms with E-state index >= 15 is 0 Å². The van der Waals surface area contributed by atoms with Gasteiger partial charge in [0.1, 0.15) is 12.1 Å². The highest BCUT2D eigenvalue weighted by atomic mass is 35.5. The number of rotatable bonds is 14. The molecule has 37 heavy (non-hydrogen) atoms. The van der Waals surface area contributed by atoms with Crippen molar-refractivity contribution in [1.29, 1.82) is 0 Å². The fourth-order valence-electron chi connectivity index (χ4n) is 3.81. The molecular formula is C27H36ClN5O4. The molecule has 0 unspecified atom stereocenters. The van der Waals surface area contributed by atoms with Gasteiger partial charge in [-0.2, -0.15) is 0 Å². The Balaban J connectivity index is 1.61. The van der Waals surface area contributed by atoms with Crippen LogP contribution in [-0.4, -0.2) is 61.3 Å². The summed E-state index contributed by atoms with van der Waals surface area (Å²) in [6, 6.07) is 8.25. The number of ether oxygens (including phenoxy) is 3. The Labute approximate surface area is 223 Å². The van der Waals surface area contributed by atoms with E-state index in [-0.39, 0.29) is 6.03 Å². The second kappa shape index (κ2) is 14.4. The number of aromatic nitrogens is 2. The molecule has 3 aromatic rings. The Morgan fingerprint density at radius 1 is 0.973 bits per heavy atom. The summed E-state index contributed by atoms with van der Waals surface area (Å²) in [7, 11) is 3.13. The number of benzene rings is 2. The van der Waals surface area contributed by atoms with Crippen LogP contribution in [0.25, 0.3) is 10.9 Å². The van der Waals surface area contributed by atoms with Crippen LogP contribution in [0, 0.1) is 0 Å². The second-order valence-electron chi connectivity index (χ2n) is 8.58. The maximum atomic E-state index is 12.4. The first kappa shape index (κ1) is 28.3. The first-order valence-corrected chi connectivity index (χ1v) is 13.0. The van der Waals surface area contributed by atoms with Crippen molar-refractivity contribution in [1.82, 2.24) is 20.2 Å². The highest BCUT2D eigenvalue weighted by Gasteiger charge is 2.14. The van der Waals surface area contributed by atoms with Crippen molar-refractivity contribution in [3.8, 4) is 23.1 Å². The number of anilines is 1. The summed E-state index contributed by atoms with van der Waals surface area (Å²) < 4.78 is 16.7. The van der Waals surface area contributed by atoms with Crippen LogP contribution in [0.1, 0.15) is 39.5 Å². The number of amides is 2. The van der Waals surface area contributed by atoms with Crippen LogP contribution < -0.4 is 24.8 Å². The Hall–Kier alpha value is -3.30. The summed E-state index contributed by atoms with van der Waals surface area (Å²) in [6.45, 7) is 7.86. The number of methoxy groups -OCH3 is 2. The number of nitrogens with one attached hydrogen (secondary N) is 2. The summed E-state index contributed by atoms with van der Waals surface area (Å²) in [5.74, 6) is 1.91. The maximum absolute atomic E-state index is 12.4. The third-order valence-corrected chi connectivity index (χ3v) is 6.19. The third kappa shape index (κ3) is 8.10. The predicted octanol–water partition coefficient (Wildman–Crippen LogP) is 6.12. The van der Waals surface area contributed by atoms with Crippen molar-refractivity contribution >= 4 is 34.2 Å². The monoisotopic (exact) mass is 529 g/mol. The zero-order valence-corrected chi connectivity index (χ0v) is 22.7. The smallest absolute Gasteiger partial charge is 0.319 e. The Morgan fingerprint density at radius 2 is 1.68 bits per heavy atom. The zero-order valence-electron chi connectivity index (χ0n) is 22.0. The number of hydrogen-bond acceptors (Lipinski definition) is 7. The van der Waals surface area contributed by atoms with Gasteiger partial charge in [0.05, 0.1) is 35.8 Å². The van der Waals surface area contributed by atoms with Crippen molar-refractivity contribution in [2.24, 2.45) is 0 Å². The molecule has 0 spiro atoms. The van der Waals surface area contributed by atoms with E-state index in [1.54, 1.807) is 44.6 Å². The quantitative estimate of drug-likeness (QED) is 0.260. The molecular weight excluding hydrogens is 494 g/mol. The van der Waals surface area contributed by atoms with Crippen LogP contribution in [-0.2, 0) is 0 Å². The highest BCUT2D eigenvalue weighted by Crippen LogP contribution is 2.36. The van der Waals surface area contributed by atoms with Gasteiger partial charge in [-0.3, -0.25) is 0 Å². The lowest BCUT2D eigenvalue weighted by atomic mass is 10.2. The summed E-state index contributed by atoms with van der Waals surface area (Å²) in [5, 5.41) is 6.72. The number of halogens is 1. The predicted molar refractivity (Wildman–Crippen MR) is 147 cm³/mol. The molecule has 0 bridgehead atoms. The maximum Gasteiger partial charge on any atom is 0.319 e. The van der Waals surface area contributed by atoms with Gasteiger partial charge in [0, 0.05) is 25.2 Å². The van der Waals surface area contributed by atoms with E-state index in [9.17, 15) is 4.79 Å². The fourth-order valence-corrected chi connectivity index (χ4v) is 4.02. The Kier molecular flexibility index (Phi) is 11.0. The van der Waals surface area contributed by atoms with E-state index in [1.807, 2.05) is 0 Å². The lowest BCUT2D eigenvalue weighted by Gasteiger charge is -2.22. The number of carbonyl (C=O) groups excluding carboxylic acids is 1. The van der Waals surface area contributed by atoms with E-state index in [1.165, 1.54) is 6.33 Å². The number of nitrogens with zero attached hydrogens (tertiary/aromatic N) is 3. The van der Waals surface area contributed by atoms with Gasteiger partial charge < -0.3 is 29.7 Å². The Bertz CT molecular complexity index is 1170. The van der Waals surface area contributed by atoms with Crippen molar-refractivity contribution in [2.45, 2.75) is 39.5 Å². The van der Waals surface area contributed by atoms with Crippen LogP contribution in [0.3, 0.4) is 0 Å². The SMILES string of the molecule is CCCCN(CCCC)CCNC(=O)Nc1ccc(Oc2ncnc3cc(OC)c(OC)cc23)cc1Cl. The van der Waals surface area contributed by atoms with Gasteiger partial charge in [-0.1, -0.05) is 38.3 Å². The second-order valence-corrected chi connectivity index (χ2v) is 8.98. The van der Waals surface area contributed by atoms with E-state index in [0.29, 0.717) is 51.3 Å². The van der Waals surface area contributed by atoms with Crippen molar-refractivity contribution in [3.05, 3.63) is 41.7 Å². The van der Waals surface area contributed by atoms with Gasteiger partial charge in [0.15, 0.2) is 11.5 Å². The van der Waals surface area contributed by atoms with Gasteiger partial charge in [-0.15, -0.1) is 0 Å². The molecule has 200 valence electrons. The molecule has 0 fully saturated rings. The molecule has 1 aromatic heterocycles. The summed E-state index contributed by atoms with van der Waals surface area (Å²) >= 11 is 6.44. The highest BCUT2D eigenvalue weighted by molar-refractivity contribution is 6.33. The van der Waals surface area contributed by atoms with Crippen molar-refractivity contribution < 1.29 is 19.0 Å². The van der Waals surface area contributed by atoms with Crippen molar-refractivity contribution in [3.63, 3.8) is 0 Å². The number of urea groups is 1. The standard InChI is InChI=1S/C27H36ClN5O4/c1-5-7-12-33(13-8-6-2)14-11-29-27(34)32-22-10-9-19(15-21(22)28)37-26-20-16-24(35-3)25(36-4)17-23(20)30-18-31-26/h9-10,15-18H,5-8,11-14H2,1-4H3,(H2,29,32,34). The van der Waals surface area contributed by atoms with Crippen LogP contribution in [0.5, 0.6) is 23.1 Å². The molecule has 0 aliphatic carbocycles. The third-order valence-electron chi connectivity index (χ3n) is 5.88. The van der Waals surface area contributed by atoms with E-state index in [0.717, 1.165) is 45.3 Å². The van der Waals surface area contributed by atoms with E-state index < -0.39 is 0 Å². The number of unbranched alkanes of at least 4 members (excludes halogenated alkanes) is 2. The van der Waals surface area contributed by atoms with Gasteiger partial charge in [-0.25, -0.2) is 14.8 Å². The average Bonchev–Trinajstić information content (AvgIpc) is 2.90. The van der Waals surface area contributed by atoms with Gasteiger partial charge >= 0.3 is 6.03 Å². The molecule has 2 amide bonds. The van der Waals surface area contributed by atoms with Crippen molar-refractivity contribution in [2.75, 3.05) is 45.7 Å². The van der Waals surface area contributed by atoms with Gasteiger partial charge in [0.2, 0.25) is 5.88 Å². The molecule has 0 saturated carbocycles. The fraction of sp³-hybridized carbons (Fsp3) is 0.444. The molecule has 0 aliphatic rings. The Morgan fingerprint density at radius 3 is 2.32 bits per heavy atom. The summed E-state index contributed by atoms with van der Waals surface area (Å²) in [4.78, 5) is 23.4. The number of hydrogen-bond donors (Lipinski definition) is 2. The molecule has 2 N–H and O–H groups in total. The minimum atomic E-state index is -0.302. The van der Waals surface area contributed by atoms with Gasteiger partial charge in [0.25, 0.3) is 0 Å². The molecule has 0 radical (unpaired) electrons. The lowest BCUT2D eigenvalue weighted by Crippen LogP contribution is -2.37. The normalized spacial score (nSPS) is 11.0. The summed E-state index contributed by atoms with van der Waals surface area (Å²) in [6.07, 6.45) is 6.05. The van der Waals surface area contributed by atoms with Crippen LogP contribution >= 0.6 is 11.6 Å². The van der Waals surface area contributed by atoms with Crippen LogP contribution in [0.4, 0.5) is 10.5 Å². The molecule has 0 aliphatic heterocycles. The topological polar surface area (TPSA) is 97.8 Å². The van der Waals surface area contributed by atoms with Gasteiger partial charge in [-0.05, 0) is 44.1 Å². The number of fused-ring (bicyclic) bond motifs is 1. The molecule has 9 nitrogen and oxygen atoms in total. The van der Waals surface area contributed by atoms with E-state index in [4.69, 9.17) is 25.8 Å². The molecule has 3 rings (SSSR count). The molecule has 0 atom stereocenters. The summed E-state index contributed by atoms with van der Waals surface area (Å²) in [5.41, 5.74) is 1.13. The molecule has 1 heterocycles. The average molecular weight is 530 g/mol. The zero-order chi connectivity index (χ0) is 26.6. The number of carbonyl (C=O) groups is 1. The van der Waals surface area contributed by atoms with E-state index in [2.05, 4.69) is 39.3 Å². The minimum absolute atomic E-state index is 0.302. The molecule has 0 saturated heterocycles. The van der Waals surface area contributed by atoms with Crippen LogP contribution in [0.2, 0.25) is 5.02 Å². The largest absolute Gasteiger partial charge is 0.493 e. The molecule has 2 aromatic carbocycles. The molecule has 10 heteroatoms. The first-order chi connectivity index (χ1) is 18.0. The lowest BCUT2D eigenvalue weighted by molar-refractivity contribution is 0.243. The van der Waals surface area contributed by atoms with Crippen LogP contribution in [0.15, 0.2) is 36.7 Å². The first-order valence-electron chi connectivity index (χ1n) is 12.6.